The summed E-state index contributed by atoms with van der Waals surface area (Å²) in [7, 11) is 2.08. The summed E-state index contributed by atoms with van der Waals surface area (Å²) >= 11 is 0. The third-order valence-electron chi connectivity index (χ3n) is 4.99. The van der Waals surface area contributed by atoms with Gasteiger partial charge >= 0.3 is 0 Å². The van der Waals surface area contributed by atoms with Gasteiger partial charge in [-0.1, -0.05) is 0 Å². The van der Waals surface area contributed by atoms with E-state index >= 15 is 0 Å². The van der Waals surface area contributed by atoms with Gasteiger partial charge in [-0.3, -0.25) is 14.4 Å². The van der Waals surface area contributed by atoms with Crippen LogP contribution in [0.5, 0.6) is 0 Å². The van der Waals surface area contributed by atoms with Gasteiger partial charge in [0, 0.05) is 18.3 Å². The van der Waals surface area contributed by atoms with Crippen molar-refractivity contribution in [2.45, 2.75) is 64.6 Å². The molecule has 2 fully saturated rings. The van der Waals surface area contributed by atoms with Crippen LogP contribution in [0.3, 0.4) is 0 Å². The van der Waals surface area contributed by atoms with Gasteiger partial charge in [-0.2, -0.15) is 5.10 Å². The van der Waals surface area contributed by atoms with Gasteiger partial charge in [0.1, 0.15) is 0 Å². The minimum absolute atomic E-state index is 0.292. The highest BCUT2D eigenvalue weighted by atomic mass is 16.2. The molecule has 122 valence electrons. The Morgan fingerprint density at radius 3 is 2.73 bits per heavy atom. The molecule has 1 aliphatic heterocycles. The summed E-state index contributed by atoms with van der Waals surface area (Å²) in [6.07, 6.45) is 5.94. The van der Waals surface area contributed by atoms with E-state index in [-0.39, 0.29) is 0 Å². The molecule has 0 bridgehead atoms. The average molecular weight is 304 g/mol. The largest absolute Gasteiger partial charge is 0.337 e. The maximum absolute atomic E-state index is 12.7. The molecule has 2 aliphatic rings. The Bertz CT molecular complexity index is 535. The molecule has 0 N–H and O–H groups in total. The second-order valence-electron chi connectivity index (χ2n) is 6.99. The molecule has 5 nitrogen and oxygen atoms in total. The number of likely N-dealkylation sites (tertiary alicyclic amines) is 1. The molecule has 3 rings (SSSR count). The van der Waals surface area contributed by atoms with Crippen molar-refractivity contribution < 1.29 is 4.79 Å². The van der Waals surface area contributed by atoms with E-state index in [9.17, 15) is 4.79 Å². The molecule has 1 aliphatic carbocycles. The van der Waals surface area contributed by atoms with Crippen LogP contribution in [-0.4, -0.2) is 57.7 Å². The monoisotopic (exact) mass is 304 g/mol. The first-order chi connectivity index (χ1) is 10.5. The van der Waals surface area contributed by atoms with Crippen molar-refractivity contribution >= 4 is 5.91 Å². The number of aryl methyl sites for hydroxylation is 2. The van der Waals surface area contributed by atoms with Crippen molar-refractivity contribution in [2.75, 3.05) is 20.1 Å². The fraction of sp³-hybridized carbons (Fsp3) is 0.765. The lowest BCUT2D eigenvalue weighted by atomic mass is 10.0. The Labute approximate surface area is 133 Å². The number of piperidine rings is 1. The maximum atomic E-state index is 12.7. The first-order valence-electron chi connectivity index (χ1n) is 8.55. The van der Waals surface area contributed by atoms with Crippen LogP contribution in [0.1, 0.15) is 43.5 Å². The molecular weight excluding hydrogens is 276 g/mol. The third kappa shape index (κ3) is 3.51. The molecule has 2 heterocycles. The normalized spacial score (nSPS) is 22.4. The lowest BCUT2D eigenvalue weighted by Gasteiger charge is -2.37. The highest BCUT2D eigenvalue weighted by Crippen LogP contribution is 2.26. The number of aromatic nitrogens is 2. The summed E-state index contributed by atoms with van der Waals surface area (Å²) in [6.45, 7) is 6.42. The Hall–Kier alpha value is -1.36. The molecule has 1 amide bonds. The van der Waals surface area contributed by atoms with Crippen molar-refractivity contribution in [2.24, 2.45) is 0 Å². The summed E-state index contributed by atoms with van der Waals surface area (Å²) in [5.41, 5.74) is 2.24. The Morgan fingerprint density at radius 1 is 1.32 bits per heavy atom. The summed E-state index contributed by atoms with van der Waals surface area (Å²) in [5.74, 6) is 0.292. The first-order valence-corrected chi connectivity index (χ1v) is 8.55. The molecule has 5 heteroatoms. The third-order valence-corrected chi connectivity index (χ3v) is 4.99. The smallest absolute Gasteiger partial charge is 0.237 e. The van der Waals surface area contributed by atoms with E-state index in [4.69, 9.17) is 0 Å². The number of carbonyl (C=O) groups is 1. The van der Waals surface area contributed by atoms with E-state index in [0.717, 1.165) is 31.6 Å². The van der Waals surface area contributed by atoms with Crippen molar-refractivity contribution in [1.29, 1.82) is 0 Å². The van der Waals surface area contributed by atoms with E-state index < -0.39 is 0 Å². The Balaban J connectivity index is 1.65. The van der Waals surface area contributed by atoms with Gasteiger partial charge in [0.05, 0.1) is 24.8 Å². The average Bonchev–Trinajstić information content (AvgIpc) is 3.27. The van der Waals surface area contributed by atoms with Crippen LogP contribution >= 0.6 is 0 Å². The molecule has 1 saturated heterocycles. The SMILES string of the molecule is Cc1cc(C)n(CC2CCCCN2C(=O)CN(C)C2CC2)n1. The van der Waals surface area contributed by atoms with Gasteiger partial charge in [0.25, 0.3) is 0 Å². The number of likely N-dealkylation sites (N-methyl/N-ethyl adjacent to an activating group) is 1. The van der Waals surface area contributed by atoms with Gasteiger partial charge in [0.2, 0.25) is 5.91 Å². The predicted octanol–water partition coefficient (Wildman–Crippen LogP) is 1.98. The lowest BCUT2D eigenvalue weighted by molar-refractivity contribution is -0.136. The predicted molar refractivity (Wildman–Crippen MR) is 86.7 cm³/mol. The van der Waals surface area contributed by atoms with Crippen molar-refractivity contribution in [3.63, 3.8) is 0 Å². The number of carbonyl (C=O) groups excluding carboxylic acids is 1. The van der Waals surface area contributed by atoms with E-state index in [1.165, 1.54) is 25.0 Å². The van der Waals surface area contributed by atoms with E-state index in [2.05, 4.69) is 39.6 Å². The first kappa shape index (κ1) is 15.5. The van der Waals surface area contributed by atoms with Gasteiger partial charge in [-0.15, -0.1) is 0 Å². The van der Waals surface area contributed by atoms with E-state index in [0.29, 0.717) is 24.5 Å². The van der Waals surface area contributed by atoms with Crippen LogP contribution in [0.15, 0.2) is 6.07 Å². The lowest BCUT2D eigenvalue weighted by Crippen LogP contribution is -2.49. The standard InChI is InChI=1S/C17H28N4O/c1-13-10-14(2)21(18-13)11-16-6-4-5-9-20(16)17(22)12-19(3)15-7-8-15/h10,15-16H,4-9,11-12H2,1-3H3. The molecule has 1 unspecified atom stereocenters. The fourth-order valence-electron chi connectivity index (χ4n) is 3.53. The van der Waals surface area contributed by atoms with Crippen LogP contribution in [0.25, 0.3) is 0 Å². The highest BCUT2D eigenvalue weighted by molar-refractivity contribution is 5.78. The Morgan fingerprint density at radius 2 is 2.09 bits per heavy atom. The summed E-state index contributed by atoms with van der Waals surface area (Å²) in [5, 5.41) is 4.57. The number of hydrogen-bond donors (Lipinski definition) is 0. The second-order valence-corrected chi connectivity index (χ2v) is 6.99. The van der Waals surface area contributed by atoms with Crippen LogP contribution < -0.4 is 0 Å². The topological polar surface area (TPSA) is 41.4 Å². The highest BCUT2D eigenvalue weighted by Gasteiger charge is 2.32. The number of rotatable bonds is 5. The quantitative estimate of drug-likeness (QED) is 0.835. The molecule has 0 aromatic carbocycles. The molecule has 1 aromatic rings. The zero-order chi connectivity index (χ0) is 15.7. The van der Waals surface area contributed by atoms with Gasteiger partial charge in [0.15, 0.2) is 0 Å². The van der Waals surface area contributed by atoms with E-state index in [1.807, 2.05) is 6.92 Å². The van der Waals surface area contributed by atoms with Gasteiger partial charge in [-0.05, 0) is 59.1 Å². The van der Waals surface area contributed by atoms with Crippen molar-refractivity contribution in [3.05, 3.63) is 17.5 Å². The molecule has 0 radical (unpaired) electrons. The molecule has 1 aromatic heterocycles. The molecule has 0 spiro atoms. The summed E-state index contributed by atoms with van der Waals surface area (Å²) < 4.78 is 2.07. The molecule has 22 heavy (non-hydrogen) atoms. The minimum Gasteiger partial charge on any atom is -0.337 e. The minimum atomic E-state index is 0.292. The Kier molecular flexibility index (Phi) is 4.52. The zero-order valence-electron chi connectivity index (χ0n) is 14.1. The maximum Gasteiger partial charge on any atom is 0.237 e. The van der Waals surface area contributed by atoms with Crippen LogP contribution in [-0.2, 0) is 11.3 Å². The molecular formula is C17H28N4O. The number of amides is 1. The summed E-state index contributed by atoms with van der Waals surface area (Å²) in [4.78, 5) is 17.0. The van der Waals surface area contributed by atoms with Crippen LogP contribution in [0.2, 0.25) is 0 Å². The van der Waals surface area contributed by atoms with Crippen LogP contribution in [0.4, 0.5) is 0 Å². The number of hydrogen-bond acceptors (Lipinski definition) is 3. The van der Waals surface area contributed by atoms with Crippen LogP contribution in [0, 0.1) is 13.8 Å². The van der Waals surface area contributed by atoms with Gasteiger partial charge in [-0.25, -0.2) is 0 Å². The summed E-state index contributed by atoms with van der Waals surface area (Å²) in [6, 6.07) is 3.05. The zero-order valence-corrected chi connectivity index (χ0v) is 14.1. The molecule has 1 saturated carbocycles. The van der Waals surface area contributed by atoms with E-state index in [1.54, 1.807) is 0 Å². The second kappa shape index (κ2) is 6.41. The van der Waals surface area contributed by atoms with Crippen molar-refractivity contribution in [3.8, 4) is 0 Å². The molecule has 1 atom stereocenters. The fourth-order valence-corrected chi connectivity index (χ4v) is 3.53. The van der Waals surface area contributed by atoms with Crippen molar-refractivity contribution in [1.82, 2.24) is 19.6 Å². The number of nitrogens with zero attached hydrogens (tertiary/aromatic N) is 4. The van der Waals surface area contributed by atoms with Gasteiger partial charge < -0.3 is 4.90 Å².